The lowest BCUT2D eigenvalue weighted by atomic mass is 9.89. The molecule has 0 aromatic heterocycles. The van der Waals surface area contributed by atoms with E-state index in [1.165, 1.54) is 5.56 Å². The number of likely N-dealkylation sites (tertiary alicyclic amines) is 1. The number of carbonyl (C=O) groups excluding carboxylic acids is 1. The van der Waals surface area contributed by atoms with E-state index in [0.29, 0.717) is 13.1 Å². The van der Waals surface area contributed by atoms with Gasteiger partial charge in [0.2, 0.25) is 5.91 Å². The first-order chi connectivity index (χ1) is 10.1. The summed E-state index contributed by atoms with van der Waals surface area (Å²) >= 11 is 0. The first-order valence-corrected chi connectivity index (χ1v) is 7.55. The van der Waals surface area contributed by atoms with Gasteiger partial charge < -0.3 is 14.7 Å². The van der Waals surface area contributed by atoms with Crippen molar-refractivity contribution in [2.24, 2.45) is 0 Å². The second kappa shape index (κ2) is 5.53. The maximum Gasteiger partial charge on any atom is 0.246 e. The van der Waals surface area contributed by atoms with Crippen molar-refractivity contribution in [2.45, 2.75) is 31.8 Å². The summed E-state index contributed by atoms with van der Waals surface area (Å²) in [6.07, 6.45) is 6.04. The lowest BCUT2D eigenvalue weighted by Gasteiger charge is -2.46. The third kappa shape index (κ3) is 2.95. The molecule has 2 aliphatic rings. The van der Waals surface area contributed by atoms with Crippen molar-refractivity contribution >= 4 is 12.0 Å². The fourth-order valence-corrected chi connectivity index (χ4v) is 3.03. The molecule has 4 nitrogen and oxygen atoms in total. The molecule has 21 heavy (non-hydrogen) atoms. The van der Waals surface area contributed by atoms with Crippen LogP contribution in [-0.4, -0.2) is 41.2 Å². The molecule has 4 heteroatoms. The Morgan fingerprint density at radius 2 is 2.29 bits per heavy atom. The first kappa shape index (κ1) is 14.1. The number of amides is 1. The molecule has 0 bridgehead atoms. The highest BCUT2D eigenvalue weighted by Gasteiger charge is 2.41. The number of rotatable bonds is 4. The van der Waals surface area contributed by atoms with Gasteiger partial charge in [-0.05, 0) is 35.8 Å². The number of β-amino-alcohol motifs (C(OH)–C–C–N with tert-alkyl or cyclic N) is 1. The average molecular weight is 287 g/mol. The van der Waals surface area contributed by atoms with Crippen LogP contribution in [-0.2, 0) is 11.2 Å². The minimum absolute atomic E-state index is 0.0347. The van der Waals surface area contributed by atoms with E-state index < -0.39 is 5.60 Å². The predicted molar refractivity (Wildman–Crippen MR) is 81.1 cm³/mol. The summed E-state index contributed by atoms with van der Waals surface area (Å²) in [6.45, 7) is 3.68. The first-order valence-electron chi connectivity index (χ1n) is 7.55. The average Bonchev–Trinajstić information content (AvgIpc) is 2.89. The van der Waals surface area contributed by atoms with Crippen molar-refractivity contribution in [1.82, 2.24) is 4.90 Å². The molecule has 3 rings (SSSR count). The number of hydrogen-bond acceptors (Lipinski definition) is 3. The molecular weight excluding hydrogens is 266 g/mol. The van der Waals surface area contributed by atoms with Crippen molar-refractivity contribution in [3.8, 4) is 5.75 Å². The smallest absolute Gasteiger partial charge is 0.246 e. The van der Waals surface area contributed by atoms with E-state index in [1.807, 2.05) is 25.1 Å². The Kier molecular flexibility index (Phi) is 3.72. The number of hydrogen-bond donors (Lipinski definition) is 1. The van der Waals surface area contributed by atoms with Gasteiger partial charge in [0.1, 0.15) is 5.75 Å². The molecule has 0 saturated carbocycles. The minimum atomic E-state index is -0.664. The van der Waals surface area contributed by atoms with Crippen LogP contribution in [0.3, 0.4) is 0 Å². The normalized spacial score (nSPS) is 19.2. The molecule has 0 atom stereocenters. The molecule has 0 radical (unpaired) electrons. The molecule has 2 aliphatic heterocycles. The second-order valence-electron chi connectivity index (χ2n) is 5.97. The Morgan fingerprint density at radius 3 is 3.05 bits per heavy atom. The zero-order chi connectivity index (χ0) is 14.9. The number of carbonyl (C=O) groups is 1. The second-order valence-corrected chi connectivity index (χ2v) is 5.97. The Labute approximate surface area is 125 Å². The summed E-state index contributed by atoms with van der Waals surface area (Å²) in [5, 5.41) is 10.1. The van der Waals surface area contributed by atoms with E-state index in [2.05, 4.69) is 6.07 Å². The van der Waals surface area contributed by atoms with Crippen LogP contribution in [0, 0.1) is 0 Å². The highest BCUT2D eigenvalue weighted by molar-refractivity contribution is 5.92. The fourth-order valence-electron chi connectivity index (χ4n) is 3.03. The van der Waals surface area contributed by atoms with Crippen molar-refractivity contribution in [2.75, 3.05) is 19.7 Å². The molecule has 1 saturated heterocycles. The van der Waals surface area contributed by atoms with Crippen molar-refractivity contribution in [3.05, 3.63) is 35.4 Å². The van der Waals surface area contributed by atoms with Gasteiger partial charge in [-0.2, -0.15) is 0 Å². The lowest BCUT2D eigenvalue weighted by Crippen LogP contribution is -2.63. The van der Waals surface area contributed by atoms with E-state index in [4.69, 9.17) is 4.74 Å². The van der Waals surface area contributed by atoms with Crippen molar-refractivity contribution in [1.29, 1.82) is 0 Å². The van der Waals surface area contributed by atoms with E-state index in [-0.39, 0.29) is 5.91 Å². The van der Waals surface area contributed by atoms with Crippen LogP contribution in [0.5, 0.6) is 5.75 Å². The molecule has 1 aromatic rings. The molecule has 1 amide bonds. The summed E-state index contributed by atoms with van der Waals surface area (Å²) in [5.74, 6) is 0.915. The third-order valence-corrected chi connectivity index (χ3v) is 4.13. The summed E-state index contributed by atoms with van der Waals surface area (Å²) in [5.41, 5.74) is 1.55. The number of nitrogens with zero attached hydrogens (tertiary/aromatic N) is 1. The number of aliphatic hydroxyl groups is 1. The van der Waals surface area contributed by atoms with Gasteiger partial charge in [0.15, 0.2) is 0 Å². The molecule has 0 unspecified atom stereocenters. The van der Waals surface area contributed by atoms with Crippen molar-refractivity contribution < 1.29 is 14.6 Å². The minimum Gasteiger partial charge on any atom is -0.493 e. The van der Waals surface area contributed by atoms with Crippen LogP contribution in [0.1, 0.15) is 30.9 Å². The molecule has 1 fully saturated rings. The van der Waals surface area contributed by atoms with Gasteiger partial charge in [-0.15, -0.1) is 0 Å². The number of ether oxygens (including phenoxy) is 1. The van der Waals surface area contributed by atoms with E-state index in [0.717, 1.165) is 37.2 Å². The van der Waals surface area contributed by atoms with Crippen LogP contribution in [0.4, 0.5) is 0 Å². The van der Waals surface area contributed by atoms with Gasteiger partial charge in [-0.3, -0.25) is 4.79 Å². The highest BCUT2D eigenvalue weighted by atomic mass is 16.5. The topological polar surface area (TPSA) is 49.8 Å². The molecule has 0 spiro atoms. The molecule has 0 aliphatic carbocycles. The highest BCUT2D eigenvalue weighted by Crippen LogP contribution is 2.27. The van der Waals surface area contributed by atoms with Crippen LogP contribution in [0.2, 0.25) is 0 Å². The van der Waals surface area contributed by atoms with Crippen molar-refractivity contribution in [3.63, 3.8) is 0 Å². The maximum atomic E-state index is 12.0. The predicted octanol–water partition coefficient (Wildman–Crippen LogP) is 2.01. The molecule has 1 N–H and O–H groups in total. The molecular formula is C17H21NO3. The third-order valence-electron chi connectivity index (χ3n) is 4.13. The van der Waals surface area contributed by atoms with Crippen LogP contribution in [0.25, 0.3) is 6.08 Å². The zero-order valence-corrected chi connectivity index (χ0v) is 12.3. The summed E-state index contributed by atoms with van der Waals surface area (Å²) in [4.78, 5) is 13.7. The monoisotopic (exact) mass is 287 g/mol. The largest absolute Gasteiger partial charge is 0.493 e. The Balaban J connectivity index is 1.58. The molecule has 1 aromatic carbocycles. The SMILES string of the molecule is CCCC1(O)CN(C(=O)C=Cc2ccc3c(c2)CCO3)C1. The maximum absolute atomic E-state index is 12.0. The van der Waals surface area contributed by atoms with Gasteiger partial charge >= 0.3 is 0 Å². The lowest BCUT2D eigenvalue weighted by molar-refractivity contribution is -0.151. The number of benzene rings is 1. The summed E-state index contributed by atoms with van der Waals surface area (Å²) < 4.78 is 5.46. The van der Waals surface area contributed by atoms with Gasteiger partial charge in [-0.1, -0.05) is 19.4 Å². The van der Waals surface area contributed by atoms with E-state index >= 15 is 0 Å². The van der Waals surface area contributed by atoms with Gasteiger partial charge in [-0.25, -0.2) is 0 Å². The van der Waals surface area contributed by atoms with E-state index in [1.54, 1.807) is 11.0 Å². The van der Waals surface area contributed by atoms with Gasteiger partial charge in [0.25, 0.3) is 0 Å². The molecule has 112 valence electrons. The quantitative estimate of drug-likeness (QED) is 0.862. The fraction of sp³-hybridized carbons (Fsp3) is 0.471. The Morgan fingerprint density at radius 1 is 1.48 bits per heavy atom. The molecule has 2 heterocycles. The summed E-state index contributed by atoms with van der Waals surface area (Å²) in [6, 6.07) is 5.98. The van der Waals surface area contributed by atoms with Crippen LogP contribution in [0.15, 0.2) is 24.3 Å². The van der Waals surface area contributed by atoms with Crippen LogP contribution >= 0.6 is 0 Å². The Bertz CT molecular complexity index is 573. The summed E-state index contributed by atoms with van der Waals surface area (Å²) in [7, 11) is 0. The zero-order valence-electron chi connectivity index (χ0n) is 12.3. The van der Waals surface area contributed by atoms with Gasteiger partial charge in [0, 0.05) is 12.5 Å². The van der Waals surface area contributed by atoms with Gasteiger partial charge in [0.05, 0.1) is 25.3 Å². The van der Waals surface area contributed by atoms with Crippen LogP contribution < -0.4 is 4.74 Å². The Hall–Kier alpha value is -1.81. The standard InChI is InChI=1S/C17H21NO3/c1-2-8-17(20)11-18(12-17)16(19)6-4-13-3-5-15-14(10-13)7-9-21-15/h3-6,10,20H,2,7-9,11-12H2,1H3. The number of fused-ring (bicyclic) bond motifs is 1. The van der Waals surface area contributed by atoms with E-state index in [9.17, 15) is 9.90 Å².